The minimum absolute atomic E-state index is 0.00898. The summed E-state index contributed by atoms with van der Waals surface area (Å²) in [5.74, 6) is 0.247. The van der Waals surface area contributed by atoms with Crippen LogP contribution in [0.25, 0.3) is 0 Å². The van der Waals surface area contributed by atoms with Crippen LogP contribution in [-0.4, -0.2) is 40.3 Å². The molecule has 1 heterocycles. The maximum Gasteiger partial charge on any atom is 0.306 e. The zero-order chi connectivity index (χ0) is 11.7. The SMILES string of the molecule is C#CC1(C(O)CC(=O)O)COC(C)(C)O1. The molecule has 0 aromatic rings. The molecule has 5 heteroatoms. The highest BCUT2D eigenvalue weighted by Crippen LogP contribution is 2.33. The first-order valence-corrected chi connectivity index (χ1v) is 4.53. The highest BCUT2D eigenvalue weighted by atomic mass is 16.8. The van der Waals surface area contributed by atoms with E-state index < -0.39 is 29.9 Å². The van der Waals surface area contributed by atoms with Crippen LogP contribution in [0.2, 0.25) is 0 Å². The normalized spacial score (nSPS) is 30.8. The maximum atomic E-state index is 10.5. The lowest BCUT2D eigenvalue weighted by Crippen LogP contribution is -2.45. The van der Waals surface area contributed by atoms with Crippen molar-refractivity contribution in [2.75, 3.05) is 6.61 Å². The molecule has 2 N–H and O–H groups in total. The topological polar surface area (TPSA) is 76.0 Å². The van der Waals surface area contributed by atoms with Gasteiger partial charge in [0.15, 0.2) is 11.4 Å². The van der Waals surface area contributed by atoms with Crippen molar-refractivity contribution in [1.29, 1.82) is 0 Å². The molecule has 0 bridgehead atoms. The summed E-state index contributed by atoms with van der Waals surface area (Å²) in [6.45, 7) is 3.30. The lowest BCUT2D eigenvalue weighted by Gasteiger charge is -2.27. The van der Waals surface area contributed by atoms with Gasteiger partial charge < -0.3 is 19.7 Å². The van der Waals surface area contributed by atoms with E-state index in [1.807, 2.05) is 0 Å². The van der Waals surface area contributed by atoms with E-state index in [9.17, 15) is 9.90 Å². The van der Waals surface area contributed by atoms with Crippen molar-refractivity contribution in [3.63, 3.8) is 0 Å². The molecule has 1 saturated heterocycles. The standard InChI is InChI=1S/C10H14O5/c1-4-10(7(11)5-8(12)13)6-14-9(2,3)15-10/h1,7,11H,5-6H2,2-3H3,(H,12,13). The average molecular weight is 214 g/mol. The fourth-order valence-electron chi connectivity index (χ4n) is 1.44. The molecule has 0 saturated carbocycles. The molecular weight excluding hydrogens is 200 g/mol. The second-order valence-electron chi connectivity index (χ2n) is 3.94. The van der Waals surface area contributed by atoms with Crippen LogP contribution in [0.1, 0.15) is 20.3 Å². The molecule has 1 rings (SSSR count). The van der Waals surface area contributed by atoms with Crippen LogP contribution < -0.4 is 0 Å². The number of ether oxygens (including phenoxy) is 2. The lowest BCUT2D eigenvalue weighted by atomic mass is 9.96. The van der Waals surface area contributed by atoms with Gasteiger partial charge in [-0.3, -0.25) is 4.79 Å². The van der Waals surface area contributed by atoms with Gasteiger partial charge in [-0.15, -0.1) is 6.42 Å². The largest absolute Gasteiger partial charge is 0.481 e. The Kier molecular flexibility index (Phi) is 3.05. The molecular formula is C10H14O5. The number of hydrogen-bond donors (Lipinski definition) is 2. The number of rotatable bonds is 3. The Morgan fingerprint density at radius 3 is 2.60 bits per heavy atom. The summed E-state index contributed by atoms with van der Waals surface area (Å²) < 4.78 is 10.6. The Balaban J connectivity index is 2.80. The van der Waals surface area contributed by atoms with Crippen molar-refractivity contribution in [3.8, 4) is 12.3 Å². The monoisotopic (exact) mass is 214 g/mol. The van der Waals surface area contributed by atoms with Crippen LogP contribution in [0.4, 0.5) is 0 Å². The molecule has 1 aliphatic rings. The molecule has 15 heavy (non-hydrogen) atoms. The molecule has 1 aliphatic heterocycles. The third kappa shape index (κ3) is 2.48. The zero-order valence-corrected chi connectivity index (χ0v) is 8.69. The number of hydrogen-bond acceptors (Lipinski definition) is 4. The molecule has 0 aromatic carbocycles. The summed E-state index contributed by atoms with van der Waals surface area (Å²) in [6.07, 6.45) is 3.51. The van der Waals surface area contributed by atoms with E-state index in [2.05, 4.69) is 5.92 Å². The van der Waals surface area contributed by atoms with Crippen LogP contribution in [0.3, 0.4) is 0 Å². The summed E-state index contributed by atoms with van der Waals surface area (Å²) in [7, 11) is 0. The first-order chi connectivity index (χ1) is 6.81. The molecule has 0 aliphatic carbocycles. The van der Waals surface area contributed by atoms with Gasteiger partial charge in [-0.25, -0.2) is 0 Å². The van der Waals surface area contributed by atoms with Gasteiger partial charge in [-0.2, -0.15) is 0 Å². The van der Waals surface area contributed by atoms with Crippen LogP contribution in [-0.2, 0) is 14.3 Å². The first-order valence-electron chi connectivity index (χ1n) is 4.53. The summed E-state index contributed by atoms with van der Waals surface area (Å²) in [4.78, 5) is 10.5. The number of aliphatic hydroxyl groups excluding tert-OH is 1. The second kappa shape index (κ2) is 3.81. The third-order valence-corrected chi connectivity index (χ3v) is 2.21. The van der Waals surface area contributed by atoms with Crippen LogP contribution in [0.15, 0.2) is 0 Å². The van der Waals surface area contributed by atoms with E-state index in [0.717, 1.165) is 0 Å². The van der Waals surface area contributed by atoms with Crippen molar-refractivity contribution < 1.29 is 24.5 Å². The van der Waals surface area contributed by atoms with Gasteiger partial charge in [0.05, 0.1) is 13.0 Å². The van der Waals surface area contributed by atoms with Gasteiger partial charge in [0, 0.05) is 0 Å². The van der Waals surface area contributed by atoms with E-state index >= 15 is 0 Å². The second-order valence-corrected chi connectivity index (χ2v) is 3.94. The number of carbonyl (C=O) groups is 1. The highest BCUT2D eigenvalue weighted by Gasteiger charge is 2.49. The van der Waals surface area contributed by atoms with E-state index in [1.165, 1.54) is 0 Å². The number of aliphatic carboxylic acids is 1. The summed E-state index contributed by atoms with van der Waals surface area (Å²) in [5, 5.41) is 18.2. The number of carboxylic acids is 1. The molecule has 5 nitrogen and oxygen atoms in total. The molecule has 2 unspecified atom stereocenters. The molecule has 0 aromatic heterocycles. The Hall–Kier alpha value is -1.09. The maximum absolute atomic E-state index is 10.5. The van der Waals surface area contributed by atoms with Crippen molar-refractivity contribution in [2.24, 2.45) is 0 Å². The van der Waals surface area contributed by atoms with Crippen molar-refractivity contribution >= 4 is 5.97 Å². The van der Waals surface area contributed by atoms with Gasteiger partial charge in [-0.1, -0.05) is 5.92 Å². The Morgan fingerprint density at radius 2 is 2.27 bits per heavy atom. The predicted molar refractivity (Wildman–Crippen MR) is 50.9 cm³/mol. The quantitative estimate of drug-likeness (QED) is 0.645. The van der Waals surface area contributed by atoms with Gasteiger partial charge >= 0.3 is 5.97 Å². The van der Waals surface area contributed by atoms with Crippen molar-refractivity contribution in [3.05, 3.63) is 0 Å². The van der Waals surface area contributed by atoms with E-state index in [-0.39, 0.29) is 6.61 Å². The van der Waals surface area contributed by atoms with Gasteiger partial charge in [-0.05, 0) is 13.8 Å². The predicted octanol–water partition coefficient (Wildman–Crippen LogP) is -0.0231. The van der Waals surface area contributed by atoms with Gasteiger partial charge in [0.1, 0.15) is 6.10 Å². The number of terminal acetylenes is 1. The lowest BCUT2D eigenvalue weighted by molar-refractivity contribution is -0.172. The molecule has 1 fully saturated rings. The summed E-state index contributed by atoms with van der Waals surface area (Å²) in [6, 6.07) is 0. The Morgan fingerprint density at radius 1 is 1.67 bits per heavy atom. The summed E-state index contributed by atoms with van der Waals surface area (Å²) in [5.41, 5.74) is -1.36. The first kappa shape index (κ1) is 12.0. The molecule has 0 amide bonds. The van der Waals surface area contributed by atoms with Crippen LogP contribution >= 0.6 is 0 Å². The van der Waals surface area contributed by atoms with Crippen molar-refractivity contribution in [2.45, 2.75) is 37.8 Å². The minimum atomic E-state index is -1.36. The fraction of sp³-hybridized carbons (Fsp3) is 0.700. The van der Waals surface area contributed by atoms with Gasteiger partial charge in [0.2, 0.25) is 0 Å². The third-order valence-electron chi connectivity index (χ3n) is 2.21. The van der Waals surface area contributed by atoms with Crippen LogP contribution in [0, 0.1) is 12.3 Å². The highest BCUT2D eigenvalue weighted by molar-refractivity contribution is 5.67. The summed E-state index contributed by atoms with van der Waals surface area (Å²) >= 11 is 0. The molecule has 84 valence electrons. The van der Waals surface area contributed by atoms with E-state index in [4.69, 9.17) is 21.0 Å². The fourth-order valence-corrected chi connectivity index (χ4v) is 1.44. The van der Waals surface area contributed by atoms with E-state index in [1.54, 1.807) is 13.8 Å². The molecule has 0 spiro atoms. The molecule has 2 atom stereocenters. The average Bonchev–Trinajstić information content (AvgIpc) is 2.42. The van der Waals surface area contributed by atoms with Gasteiger partial charge in [0.25, 0.3) is 0 Å². The number of aliphatic hydroxyl groups is 1. The Labute approximate surface area is 88.0 Å². The number of carboxylic acid groups (broad SMARTS) is 1. The Bertz CT molecular complexity index is 303. The minimum Gasteiger partial charge on any atom is -0.481 e. The van der Waals surface area contributed by atoms with Crippen molar-refractivity contribution in [1.82, 2.24) is 0 Å². The molecule has 0 radical (unpaired) electrons. The van der Waals surface area contributed by atoms with E-state index in [0.29, 0.717) is 0 Å². The smallest absolute Gasteiger partial charge is 0.306 e. The zero-order valence-electron chi connectivity index (χ0n) is 8.69. The van der Waals surface area contributed by atoms with Crippen LogP contribution in [0.5, 0.6) is 0 Å².